The predicted molar refractivity (Wildman–Crippen MR) is 87.3 cm³/mol. The lowest BCUT2D eigenvalue weighted by atomic mass is 9.89. The topological polar surface area (TPSA) is 43.9 Å². The van der Waals surface area contributed by atoms with Gasteiger partial charge in [-0.3, -0.25) is 14.5 Å². The molecule has 1 heterocycles. The third-order valence-corrected chi connectivity index (χ3v) is 5.13. The fourth-order valence-electron chi connectivity index (χ4n) is 3.81. The van der Waals surface area contributed by atoms with E-state index in [-0.39, 0.29) is 12.1 Å². The molecule has 0 bridgehead atoms. The number of nitrogens with zero attached hydrogens (tertiary/aromatic N) is 3. The zero-order valence-corrected chi connectivity index (χ0v) is 14.2. The summed E-state index contributed by atoms with van der Waals surface area (Å²) >= 11 is 0. The number of hydrogen-bond acceptors (Lipinski definition) is 3. The van der Waals surface area contributed by atoms with E-state index < -0.39 is 0 Å². The molecule has 0 spiro atoms. The van der Waals surface area contributed by atoms with Crippen molar-refractivity contribution in [1.29, 1.82) is 0 Å². The summed E-state index contributed by atoms with van der Waals surface area (Å²) in [4.78, 5) is 29.9. The minimum Gasteiger partial charge on any atom is -0.339 e. The molecule has 5 heteroatoms. The second-order valence-corrected chi connectivity index (χ2v) is 6.86. The zero-order chi connectivity index (χ0) is 15.9. The van der Waals surface area contributed by atoms with Gasteiger partial charge in [-0.05, 0) is 38.8 Å². The first-order valence-electron chi connectivity index (χ1n) is 8.84. The molecule has 22 heavy (non-hydrogen) atoms. The molecule has 1 aliphatic carbocycles. The summed E-state index contributed by atoms with van der Waals surface area (Å²) < 4.78 is 0. The van der Waals surface area contributed by atoms with Gasteiger partial charge in [-0.15, -0.1) is 0 Å². The minimum atomic E-state index is 0.0208. The molecule has 1 saturated carbocycles. The maximum atomic E-state index is 12.4. The Balaban J connectivity index is 2.04. The highest BCUT2D eigenvalue weighted by Gasteiger charge is 2.31. The Morgan fingerprint density at radius 2 is 2.00 bits per heavy atom. The lowest BCUT2D eigenvalue weighted by molar-refractivity contribution is -0.132. The van der Waals surface area contributed by atoms with Gasteiger partial charge in [-0.1, -0.05) is 26.2 Å². The molecule has 5 nitrogen and oxygen atoms in total. The number of carbonyl (C=O) groups excluding carboxylic acids is 2. The molecule has 1 unspecified atom stereocenters. The first-order chi connectivity index (χ1) is 10.7. The van der Waals surface area contributed by atoms with E-state index in [1.165, 1.54) is 32.1 Å². The Hall–Kier alpha value is -1.10. The number of rotatable bonds is 6. The van der Waals surface area contributed by atoms with Gasteiger partial charge in [0, 0.05) is 19.5 Å². The second kappa shape index (κ2) is 8.51. The Bertz CT molecular complexity index is 369. The van der Waals surface area contributed by atoms with Crippen LogP contribution in [0.2, 0.25) is 0 Å². The third kappa shape index (κ3) is 4.45. The van der Waals surface area contributed by atoms with Crippen LogP contribution < -0.4 is 0 Å². The van der Waals surface area contributed by atoms with Crippen LogP contribution in [0.15, 0.2) is 0 Å². The summed E-state index contributed by atoms with van der Waals surface area (Å²) in [6.07, 6.45) is 8.87. The van der Waals surface area contributed by atoms with Crippen molar-refractivity contribution in [2.24, 2.45) is 5.92 Å². The molecule has 0 aromatic carbocycles. The van der Waals surface area contributed by atoms with Crippen molar-refractivity contribution in [2.45, 2.75) is 58.0 Å². The molecule has 0 N–H and O–H groups in total. The molecule has 2 amide bonds. The van der Waals surface area contributed by atoms with Gasteiger partial charge in [0.05, 0.1) is 6.54 Å². The lowest BCUT2D eigenvalue weighted by Crippen LogP contribution is -2.51. The average molecular weight is 309 g/mol. The van der Waals surface area contributed by atoms with E-state index >= 15 is 0 Å². The summed E-state index contributed by atoms with van der Waals surface area (Å²) in [5, 5.41) is 0. The molecule has 2 fully saturated rings. The fourth-order valence-corrected chi connectivity index (χ4v) is 3.81. The van der Waals surface area contributed by atoms with Crippen LogP contribution in [0.3, 0.4) is 0 Å². The quantitative estimate of drug-likeness (QED) is 0.704. The monoisotopic (exact) mass is 309 g/mol. The smallest absolute Gasteiger partial charge is 0.224 e. The van der Waals surface area contributed by atoms with Crippen LogP contribution >= 0.6 is 0 Å². The van der Waals surface area contributed by atoms with E-state index in [4.69, 9.17) is 0 Å². The van der Waals surface area contributed by atoms with E-state index in [0.29, 0.717) is 25.4 Å². The summed E-state index contributed by atoms with van der Waals surface area (Å²) in [5.74, 6) is 0.863. The highest BCUT2D eigenvalue weighted by Crippen LogP contribution is 2.25. The van der Waals surface area contributed by atoms with Gasteiger partial charge in [-0.2, -0.15) is 0 Å². The molecular formula is C17H31N3O2. The minimum absolute atomic E-state index is 0.0208. The van der Waals surface area contributed by atoms with Gasteiger partial charge < -0.3 is 9.80 Å². The lowest BCUT2D eigenvalue weighted by Gasteiger charge is -2.37. The highest BCUT2D eigenvalue weighted by atomic mass is 16.2. The maximum absolute atomic E-state index is 12.4. The molecule has 2 aliphatic rings. The van der Waals surface area contributed by atoms with Crippen LogP contribution in [0, 0.1) is 5.92 Å². The maximum Gasteiger partial charge on any atom is 0.224 e. The Labute approximate surface area is 134 Å². The van der Waals surface area contributed by atoms with Gasteiger partial charge >= 0.3 is 0 Å². The average Bonchev–Trinajstić information content (AvgIpc) is 2.68. The van der Waals surface area contributed by atoms with E-state index in [9.17, 15) is 9.59 Å². The van der Waals surface area contributed by atoms with Crippen molar-refractivity contribution in [3.05, 3.63) is 0 Å². The number of hydrogen-bond donors (Lipinski definition) is 0. The van der Waals surface area contributed by atoms with Crippen molar-refractivity contribution in [3.63, 3.8) is 0 Å². The van der Waals surface area contributed by atoms with Gasteiger partial charge in [0.2, 0.25) is 12.3 Å². The highest BCUT2D eigenvalue weighted by molar-refractivity contribution is 5.77. The van der Waals surface area contributed by atoms with Crippen LogP contribution in [0.4, 0.5) is 0 Å². The molecule has 1 aliphatic heterocycles. The first-order valence-corrected chi connectivity index (χ1v) is 8.84. The third-order valence-electron chi connectivity index (χ3n) is 5.13. The molecule has 0 radical (unpaired) electrons. The van der Waals surface area contributed by atoms with Crippen LogP contribution in [0.5, 0.6) is 0 Å². The standard InChI is InChI=1S/C17H31N3O2/c1-3-10-18(2)16-13-20(12-15-7-5-4-6-8-15)17(22)9-11-19(16)14-21/h14-16H,3-13H2,1-2H3. The van der Waals surface area contributed by atoms with Crippen molar-refractivity contribution in [3.8, 4) is 0 Å². The van der Waals surface area contributed by atoms with Crippen LogP contribution in [0.25, 0.3) is 0 Å². The van der Waals surface area contributed by atoms with E-state index in [2.05, 4.69) is 18.9 Å². The van der Waals surface area contributed by atoms with Gasteiger partial charge in [0.25, 0.3) is 0 Å². The molecule has 1 saturated heterocycles. The van der Waals surface area contributed by atoms with Crippen molar-refractivity contribution < 1.29 is 9.59 Å². The van der Waals surface area contributed by atoms with Crippen LogP contribution in [-0.4, -0.2) is 66.4 Å². The Morgan fingerprint density at radius 3 is 2.64 bits per heavy atom. The normalized spacial score (nSPS) is 24.7. The molecule has 0 aromatic heterocycles. The summed E-state index contributed by atoms with van der Waals surface area (Å²) in [6.45, 7) is 5.17. The number of amides is 2. The van der Waals surface area contributed by atoms with E-state index in [1.807, 2.05) is 4.90 Å². The number of likely N-dealkylation sites (N-methyl/N-ethyl adjacent to an activating group) is 1. The SMILES string of the molecule is CCCN(C)C1CN(CC2CCCCC2)C(=O)CCN1C=O. The van der Waals surface area contributed by atoms with E-state index in [0.717, 1.165) is 25.9 Å². The number of carbonyl (C=O) groups is 2. The zero-order valence-electron chi connectivity index (χ0n) is 14.2. The summed E-state index contributed by atoms with van der Waals surface area (Å²) in [6, 6.07) is 0. The van der Waals surface area contributed by atoms with Crippen molar-refractivity contribution in [1.82, 2.24) is 14.7 Å². The van der Waals surface area contributed by atoms with Crippen molar-refractivity contribution >= 4 is 12.3 Å². The van der Waals surface area contributed by atoms with Crippen LogP contribution in [0.1, 0.15) is 51.9 Å². The van der Waals surface area contributed by atoms with E-state index in [1.54, 1.807) is 4.90 Å². The predicted octanol–water partition coefficient (Wildman–Crippen LogP) is 1.93. The van der Waals surface area contributed by atoms with Crippen molar-refractivity contribution in [2.75, 3.05) is 33.2 Å². The molecule has 126 valence electrons. The van der Waals surface area contributed by atoms with Gasteiger partial charge in [0.15, 0.2) is 0 Å². The van der Waals surface area contributed by atoms with Gasteiger partial charge in [-0.25, -0.2) is 0 Å². The second-order valence-electron chi connectivity index (χ2n) is 6.86. The van der Waals surface area contributed by atoms with Gasteiger partial charge in [0.1, 0.15) is 6.17 Å². The first kappa shape index (κ1) is 17.3. The largest absolute Gasteiger partial charge is 0.339 e. The molecule has 2 rings (SSSR count). The fraction of sp³-hybridized carbons (Fsp3) is 0.882. The summed E-state index contributed by atoms with van der Waals surface area (Å²) in [5.41, 5.74) is 0. The molecular weight excluding hydrogens is 278 g/mol. The Morgan fingerprint density at radius 1 is 1.27 bits per heavy atom. The molecule has 1 atom stereocenters. The molecule has 0 aromatic rings. The van der Waals surface area contributed by atoms with Crippen LogP contribution in [-0.2, 0) is 9.59 Å². The summed E-state index contributed by atoms with van der Waals surface area (Å²) in [7, 11) is 2.05. The Kier molecular flexibility index (Phi) is 6.68.